The zero-order chi connectivity index (χ0) is 17.2. The fourth-order valence-corrected chi connectivity index (χ4v) is 2.09. The first-order valence-electron chi connectivity index (χ1n) is 8.16. The van der Waals surface area contributed by atoms with Gasteiger partial charge in [-0.25, -0.2) is 0 Å². The van der Waals surface area contributed by atoms with Gasteiger partial charge in [-0.15, -0.1) is 0 Å². The van der Waals surface area contributed by atoms with E-state index in [2.05, 4.69) is 12.2 Å². The van der Waals surface area contributed by atoms with E-state index >= 15 is 0 Å². The normalized spacial score (nSPS) is 10.6. The fraction of sp³-hybridized carbons (Fsp3) is 0.250. The first-order chi connectivity index (χ1) is 11.7. The van der Waals surface area contributed by atoms with Gasteiger partial charge in [0.2, 0.25) is 5.91 Å². The molecule has 0 bridgehead atoms. The number of rotatable bonds is 8. The molecule has 0 saturated heterocycles. The van der Waals surface area contributed by atoms with Crippen LogP contribution in [0.3, 0.4) is 0 Å². The summed E-state index contributed by atoms with van der Waals surface area (Å²) in [6.45, 7) is 5.23. The Bertz CT molecular complexity index is 678. The van der Waals surface area contributed by atoms with E-state index in [0.29, 0.717) is 24.7 Å². The molecule has 1 amide bonds. The highest BCUT2D eigenvalue weighted by Gasteiger charge is 2.04. The molecular weight excluding hydrogens is 302 g/mol. The lowest BCUT2D eigenvalue weighted by Crippen LogP contribution is -2.09. The SMILES string of the molecule is CCCOc1ccc(C=CC(=O)Nc2ccccc2OCC)cc1. The standard InChI is InChI=1S/C20H23NO3/c1-3-15-24-17-12-9-16(10-13-17)11-14-20(22)21-18-7-5-6-8-19(18)23-4-2/h5-14H,3-4,15H2,1-2H3,(H,21,22). The predicted molar refractivity (Wildman–Crippen MR) is 97.5 cm³/mol. The maximum absolute atomic E-state index is 12.1. The maximum atomic E-state index is 12.1. The second-order valence-electron chi connectivity index (χ2n) is 5.17. The third kappa shape index (κ3) is 5.47. The summed E-state index contributed by atoms with van der Waals surface area (Å²) in [5.41, 5.74) is 1.60. The van der Waals surface area contributed by atoms with Crippen LogP contribution in [-0.2, 0) is 4.79 Å². The highest BCUT2D eigenvalue weighted by molar-refractivity contribution is 6.02. The topological polar surface area (TPSA) is 47.6 Å². The lowest BCUT2D eigenvalue weighted by atomic mass is 10.2. The van der Waals surface area contributed by atoms with E-state index in [1.807, 2.05) is 55.5 Å². The van der Waals surface area contributed by atoms with Gasteiger partial charge in [-0.3, -0.25) is 4.79 Å². The molecule has 0 atom stereocenters. The molecule has 0 heterocycles. The molecule has 2 aromatic carbocycles. The smallest absolute Gasteiger partial charge is 0.248 e. The summed E-state index contributed by atoms with van der Waals surface area (Å²) in [5.74, 6) is 1.30. The fourth-order valence-electron chi connectivity index (χ4n) is 2.09. The van der Waals surface area contributed by atoms with E-state index in [9.17, 15) is 4.79 Å². The van der Waals surface area contributed by atoms with Gasteiger partial charge in [0.15, 0.2) is 0 Å². The second-order valence-corrected chi connectivity index (χ2v) is 5.17. The lowest BCUT2D eigenvalue weighted by molar-refractivity contribution is -0.111. The van der Waals surface area contributed by atoms with E-state index < -0.39 is 0 Å². The molecule has 0 aromatic heterocycles. The van der Waals surface area contributed by atoms with Gasteiger partial charge in [0.25, 0.3) is 0 Å². The summed E-state index contributed by atoms with van der Waals surface area (Å²) in [6.07, 6.45) is 4.25. The van der Waals surface area contributed by atoms with Gasteiger partial charge in [-0.1, -0.05) is 31.2 Å². The Morgan fingerprint density at radius 3 is 2.50 bits per heavy atom. The van der Waals surface area contributed by atoms with Crippen LogP contribution in [0.2, 0.25) is 0 Å². The predicted octanol–water partition coefficient (Wildman–Crippen LogP) is 4.53. The van der Waals surface area contributed by atoms with Crippen molar-refractivity contribution in [2.24, 2.45) is 0 Å². The summed E-state index contributed by atoms with van der Waals surface area (Å²) < 4.78 is 11.0. The molecule has 1 N–H and O–H groups in total. The summed E-state index contributed by atoms with van der Waals surface area (Å²) in [6, 6.07) is 15.0. The van der Waals surface area contributed by atoms with E-state index in [-0.39, 0.29) is 5.91 Å². The number of carbonyl (C=O) groups is 1. The quantitative estimate of drug-likeness (QED) is 0.726. The number of anilines is 1. The Balaban J connectivity index is 1.95. The number of benzene rings is 2. The van der Waals surface area contributed by atoms with Crippen molar-refractivity contribution >= 4 is 17.7 Å². The van der Waals surface area contributed by atoms with Crippen LogP contribution in [0, 0.1) is 0 Å². The Kier molecular flexibility index (Phi) is 6.90. The Hall–Kier alpha value is -2.75. The van der Waals surface area contributed by atoms with Gasteiger partial charge >= 0.3 is 0 Å². The van der Waals surface area contributed by atoms with Crippen LogP contribution in [0.15, 0.2) is 54.6 Å². The van der Waals surface area contributed by atoms with Crippen LogP contribution < -0.4 is 14.8 Å². The van der Waals surface area contributed by atoms with Crippen LogP contribution in [0.5, 0.6) is 11.5 Å². The van der Waals surface area contributed by atoms with Crippen molar-refractivity contribution in [1.82, 2.24) is 0 Å². The van der Waals surface area contributed by atoms with Crippen LogP contribution >= 0.6 is 0 Å². The van der Waals surface area contributed by atoms with Crippen molar-refractivity contribution in [3.05, 3.63) is 60.2 Å². The number of ether oxygens (including phenoxy) is 2. The average Bonchev–Trinajstić information content (AvgIpc) is 2.61. The molecule has 0 unspecified atom stereocenters. The minimum Gasteiger partial charge on any atom is -0.494 e. The maximum Gasteiger partial charge on any atom is 0.248 e. The Morgan fingerprint density at radius 1 is 1.04 bits per heavy atom. The molecule has 4 heteroatoms. The zero-order valence-corrected chi connectivity index (χ0v) is 14.1. The first-order valence-corrected chi connectivity index (χ1v) is 8.16. The molecule has 0 radical (unpaired) electrons. The van der Waals surface area contributed by atoms with E-state index in [0.717, 1.165) is 17.7 Å². The second kappa shape index (κ2) is 9.40. The van der Waals surface area contributed by atoms with Gasteiger partial charge < -0.3 is 14.8 Å². The molecule has 0 aliphatic rings. The molecule has 0 saturated carbocycles. The third-order valence-corrected chi connectivity index (χ3v) is 3.22. The summed E-state index contributed by atoms with van der Waals surface area (Å²) >= 11 is 0. The van der Waals surface area contributed by atoms with Crippen molar-refractivity contribution in [3.8, 4) is 11.5 Å². The molecule has 0 fully saturated rings. The van der Waals surface area contributed by atoms with E-state index in [1.54, 1.807) is 6.08 Å². The molecule has 24 heavy (non-hydrogen) atoms. The summed E-state index contributed by atoms with van der Waals surface area (Å²) in [4.78, 5) is 12.1. The minimum absolute atomic E-state index is 0.200. The first kappa shape index (κ1) is 17.6. The van der Waals surface area contributed by atoms with Gasteiger partial charge in [0, 0.05) is 6.08 Å². The molecule has 2 rings (SSSR count). The highest BCUT2D eigenvalue weighted by Crippen LogP contribution is 2.23. The number of para-hydroxylation sites is 2. The summed E-state index contributed by atoms with van der Waals surface area (Å²) in [7, 11) is 0. The highest BCUT2D eigenvalue weighted by atomic mass is 16.5. The van der Waals surface area contributed by atoms with Gasteiger partial charge in [-0.05, 0) is 49.2 Å². The molecular formula is C20H23NO3. The van der Waals surface area contributed by atoms with Crippen molar-refractivity contribution in [1.29, 1.82) is 0 Å². The average molecular weight is 325 g/mol. The van der Waals surface area contributed by atoms with E-state index in [1.165, 1.54) is 6.08 Å². The van der Waals surface area contributed by atoms with Crippen LogP contribution in [-0.4, -0.2) is 19.1 Å². The zero-order valence-electron chi connectivity index (χ0n) is 14.1. The Morgan fingerprint density at radius 2 is 1.79 bits per heavy atom. The van der Waals surface area contributed by atoms with E-state index in [4.69, 9.17) is 9.47 Å². The molecule has 2 aromatic rings. The molecule has 4 nitrogen and oxygen atoms in total. The lowest BCUT2D eigenvalue weighted by Gasteiger charge is -2.09. The molecule has 126 valence electrons. The largest absolute Gasteiger partial charge is 0.494 e. The monoisotopic (exact) mass is 325 g/mol. The van der Waals surface area contributed by atoms with Crippen LogP contribution in [0.1, 0.15) is 25.8 Å². The molecule has 0 spiro atoms. The van der Waals surface area contributed by atoms with Crippen molar-refractivity contribution in [2.75, 3.05) is 18.5 Å². The van der Waals surface area contributed by atoms with Crippen LogP contribution in [0.25, 0.3) is 6.08 Å². The van der Waals surface area contributed by atoms with Crippen molar-refractivity contribution in [2.45, 2.75) is 20.3 Å². The number of amides is 1. The van der Waals surface area contributed by atoms with Gasteiger partial charge in [-0.2, -0.15) is 0 Å². The molecule has 0 aliphatic carbocycles. The number of hydrogen-bond acceptors (Lipinski definition) is 3. The number of carbonyl (C=O) groups excluding carboxylic acids is 1. The van der Waals surface area contributed by atoms with Crippen LogP contribution in [0.4, 0.5) is 5.69 Å². The van der Waals surface area contributed by atoms with Crippen molar-refractivity contribution < 1.29 is 14.3 Å². The number of hydrogen-bond donors (Lipinski definition) is 1. The van der Waals surface area contributed by atoms with Crippen molar-refractivity contribution in [3.63, 3.8) is 0 Å². The summed E-state index contributed by atoms with van der Waals surface area (Å²) in [5, 5.41) is 2.83. The van der Waals surface area contributed by atoms with Gasteiger partial charge in [0.1, 0.15) is 11.5 Å². The Labute approximate surface area is 143 Å². The molecule has 0 aliphatic heterocycles. The van der Waals surface area contributed by atoms with Gasteiger partial charge in [0.05, 0.1) is 18.9 Å². The third-order valence-electron chi connectivity index (χ3n) is 3.22. The minimum atomic E-state index is -0.200. The number of nitrogens with one attached hydrogen (secondary N) is 1.